The molecule has 1 aliphatic heterocycles. The molecule has 1 fully saturated rings. The van der Waals surface area contributed by atoms with Crippen molar-refractivity contribution in [3.8, 4) is 6.07 Å². The van der Waals surface area contributed by atoms with Gasteiger partial charge in [0, 0.05) is 37.3 Å². The molecular weight excluding hydrogens is 364 g/mol. The van der Waals surface area contributed by atoms with Crippen molar-refractivity contribution in [2.75, 3.05) is 23.3 Å². The fraction of sp³-hybridized carbons (Fsp3) is 0.455. The Labute approximate surface area is 171 Å². The third-order valence-electron chi connectivity index (χ3n) is 5.54. The van der Waals surface area contributed by atoms with E-state index in [1.54, 1.807) is 19.1 Å². The summed E-state index contributed by atoms with van der Waals surface area (Å²) in [6, 6.07) is 9.66. The third-order valence-corrected chi connectivity index (χ3v) is 5.54. The molecule has 2 aliphatic rings. The van der Waals surface area contributed by atoms with Crippen LogP contribution in [0.4, 0.5) is 17.5 Å². The zero-order chi connectivity index (χ0) is 20.2. The van der Waals surface area contributed by atoms with E-state index in [4.69, 9.17) is 15.2 Å². The van der Waals surface area contributed by atoms with Crippen LogP contribution in [0.3, 0.4) is 0 Å². The number of nitrogens with one attached hydrogen (secondary N) is 2. The van der Waals surface area contributed by atoms with Crippen molar-refractivity contribution >= 4 is 23.4 Å². The predicted molar refractivity (Wildman–Crippen MR) is 112 cm³/mol. The summed E-state index contributed by atoms with van der Waals surface area (Å²) in [6.07, 6.45) is 6.27. The molecule has 1 aromatic heterocycles. The van der Waals surface area contributed by atoms with Gasteiger partial charge < -0.3 is 15.5 Å². The zero-order valence-electron chi connectivity index (χ0n) is 16.7. The van der Waals surface area contributed by atoms with Gasteiger partial charge in [-0.05, 0) is 56.7 Å². The van der Waals surface area contributed by atoms with Gasteiger partial charge in [0.25, 0.3) is 0 Å². The Morgan fingerprint density at radius 3 is 2.93 bits per heavy atom. The number of anilines is 3. The van der Waals surface area contributed by atoms with E-state index in [1.165, 1.54) is 5.56 Å². The Morgan fingerprint density at radius 1 is 1.24 bits per heavy atom. The van der Waals surface area contributed by atoms with Crippen molar-refractivity contribution in [1.29, 1.82) is 5.26 Å². The first kappa shape index (κ1) is 19.2. The van der Waals surface area contributed by atoms with Gasteiger partial charge in [-0.3, -0.25) is 4.79 Å². The Balaban J connectivity index is 1.64. The number of amides is 1. The van der Waals surface area contributed by atoms with E-state index >= 15 is 0 Å². The zero-order valence-corrected chi connectivity index (χ0v) is 16.7. The lowest BCUT2D eigenvalue weighted by Crippen LogP contribution is -2.48. The number of nitriles is 1. The molecule has 29 heavy (non-hydrogen) atoms. The average Bonchev–Trinajstić information content (AvgIpc) is 2.73. The smallest absolute Gasteiger partial charge is 0.229 e. The molecule has 1 saturated heterocycles. The van der Waals surface area contributed by atoms with Crippen LogP contribution in [0.15, 0.2) is 24.3 Å². The van der Waals surface area contributed by atoms with Crippen LogP contribution >= 0.6 is 0 Å². The quantitative estimate of drug-likeness (QED) is 0.833. The van der Waals surface area contributed by atoms with Crippen LogP contribution in [0.25, 0.3) is 0 Å². The largest absolute Gasteiger partial charge is 0.354 e. The summed E-state index contributed by atoms with van der Waals surface area (Å²) in [7, 11) is 0. The van der Waals surface area contributed by atoms with Gasteiger partial charge in [0.2, 0.25) is 11.9 Å². The van der Waals surface area contributed by atoms with E-state index in [9.17, 15) is 4.79 Å². The lowest BCUT2D eigenvalue weighted by Gasteiger charge is -2.36. The van der Waals surface area contributed by atoms with Crippen molar-refractivity contribution in [1.82, 2.24) is 15.3 Å². The van der Waals surface area contributed by atoms with E-state index in [0.717, 1.165) is 68.8 Å². The number of aryl methyl sites for hydroxylation is 1. The monoisotopic (exact) mass is 390 g/mol. The number of benzene rings is 1. The van der Waals surface area contributed by atoms with E-state index in [2.05, 4.69) is 21.6 Å². The maximum absolute atomic E-state index is 11.5. The molecule has 150 valence electrons. The van der Waals surface area contributed by atoms with Crippen molar-refractivity contribution in [2.45, 2.75) is 51.5 Å². The predicted octanol–water partition coefficient (Wildman–Crippen LogP) is 3.08. The Kier molecular flexibility index (Phi) is 5.61. The summed E-state index contributed by atoms with van der Waals surface area (Å²) in [5.41, 5.74) is 3.76. The summed E-state index contributed by atoms with van der Waals surface area (Å²) >= 11 is 0. The number of hydrogen-bond donors (Lipinski definition) is 2. The highest BCUT2D eigenvalue weighted by Crippen LogP contribution is 2.31. The molecule has 0 saturated carbocycles. The van der Waals surface area contributed by atoms with Crippen LogP contribution in [-0.4, -0.2) is 35.0 Å². The SMILES string of the molecule is CC(=O)N[C@@H]1CCCN(c2nc(Nc3cccc(C#N)c3)nc3c2CCCC3)C1. The molecule has 0 radical (unpaired) electrons. The topological polar surface area (TPSA) is 93.9 Å². The van der Waals surface area contributed by atoms with Gasteiger partial charge in [0.05, 0.1) is 17.3 Å². The summed E-state index contributed by atoms with van der Waals surface area (Å²) < 4.78 is 0. The molecule has 1 amide bonds. The molecule has 7 heteroatoms. The number of carbonyl (C=O) groups is 1. The van der Waals surface area contributed by atoms with Crippen LogP contribution in [0.5, 0.6) is 0 Å². The molecule has 0 bridgehead atoms. The van der Waals surface area contributed by atoms with Gasteiger partial charge in [-0.1, -0.05) is 6.07 Å². The van der Waals surface area contributed by atoms with Crippen LogP contribution in [0, 0.1) is 11.3 Å². The molecular formula is C22H26N6O. The van der Waals surface area contributed by atoms with Gasteiger partial charge in [0.15, 0.2) is 0 Å². The van der Waals surface area contributed by atoms with Crippen molar-refractivity contribution in [3.63, 3.8) is 0 Å². The van der Waals surface area contributed by atoms with Gasteiger partial charge in [-0.2, -0.15) is 10.2 Å². The molecule has 0 spiro atoms. The molecule has 1 aliphatic carbocycles. The minimum atomic E-state index is 0.0151. The van der Waals surface area contributed by atoms with E-state index in [0.29, 0.717) is 11.5 Å². The minimum absolute atomic E-state index is 0.0151. The average molecular weight is 390 g/mol. The highest BCUT2D eigenvalue weighted by molar-refractivity contribution is 5.73. The highest BCUT2D eigenvalue weighted by atomic mass is 16.1. The molecule has 4 rings (SSSR count). The van der Waals surface area contributed by atoms with Gasteiger partial charge in [-0.25, -0.2) is 4.98 Å². The van der Waals surface area contributed by atoms with E-state index < -0.39 is 0 Å². The molecule has 0 unspecified atom stereocenters. The third kappa shape index (κ3) is 4.48. The first-order valence-electron chi connectivity index (χ1n) is 10.3. The molecule has 1 aromatic carbocycles. The van der Waals surface area contributed by atoms with Crippen LogP contribution in [0.2, 0.25) is 0 Å². The Hall–Kier alpha value is -3.14. The number of nitrogens with zero attached hydrogens (tertiary/aromatic N) is 4. The summed E-state index contributed by atoms with van der Waals surface area (Å²) in [5.74, 6) is 1.57. The maximum Gasteiger partial charge on any atom is 0.229 e. The lowest BCUT2D eigenvalue weighted by molar-refractivity contribution is -0.119. The Bertz CT molecular complexity index is 951. The first-order chi connectivity index (χ1) is 14.1. The Morgan fingerprint density at radius 2 is 2.10 bits per heavy atom. The standard InChI is InChI=1S/C22H26N6O/c1-15(29)24-18-8-5-11-28(14-18)21-19-9-2-3-10-20(19)26-22(27-21)25-17-7-4-6-16(12-17)13-23/h4,6-7,12,18H,2-3,5,8-11,14H2,1H3,(H,24,29)(H,25,26,27)/t18-/m1/s1. The fourth-order valence-corrected chi connectivity index (χ4v) is 4.26. The van der Waals surface area contributed by atoms with Gasteiger partial charge >= 0.3 is 0 Å². The summed E-state index contributed by atoms with van der Waals surface area (Å²) in [6.45, 7) is 3.28. The molecule has 2 N–H and O–H groups in total. The number of carbonyl (C=O) groups excluding carboxylic acids is 1. The van der Waals surface area contributed by atoms with Crippen LogP contribution < -0.4 is 15.5 Å². The number of hydrogen-bond acceptors (Lipinski definition) is 6. The normalized spacial score (nSPS) is 18.5. The molecule has 2 aromatic rings. The number of aromatic nitrogens is 2. The summed E-state index contributed by atoms with van der Waals surface area (Å²) in [5, 5.41) is 15.5. The highest BCUT2D eigenvalue weighted by Gasteiger charge is 2.26. The van der Waals surface area contributed by atoms with Crippen molar-refractivity contribution in [2.24, 2.45) is 0 Å². The second kappa shape index (κ2) is 8.48. The van der Waals surface area contributed by atoms with Crippen LogP contribution in [0.1, 0.15) is 49.4 Å². The second-order valence-electron chi connectivity index (χ2n) is 7.81. The van der Waals surface area contributed by atoms with Gasteiger partial charge in [-0.15, -0.1) is 0 Å². The maximum atomic E-state index is 11.5. The van der Waals surface area contributed by atoms with E-state index in [1.807, 2.05) is 12.1 Å². The van der Waals surface area contributed by atoms with Crippen molar-refractivity contribution < 1.29 is 4.79 Å². The number of rotatable bonds is 4. The summed E-state index contributed by atoms with van der Waals surface area (Å²) in [4.78, 5) is 23.5. The number of piperidine rings is 1. The lowest BCUT2D eigenvalue weighted by atomic mass is 9.95. The first-order valence-corrected chi connectivity index (χ1v) is 10.3. The van der Waals surface area contributed by atoms with Crippen LogP contribution in [-0.2, 0) is 17.6 Å². The fourth-order valence-electron chi connectivity index (χ4n) is 4.26. The van der Waals surface area contributed by atoms with Crippen molar-refractivity contribution in [3.05, 3.63) is 41.1 Å². The van der Waals surface area contributed by atoms with E-state index in [-0.39, 0.29) is 11.9 Å². The minimum Gasteiger partial charge on any atom is -0.354 e. The molecule has 1 atom stereocenters. The molecule has 2 heterocycles. The second-order valence-corrected chi connectivity index (χ2v) is 7.81. The number of fused-ring (bicyclic) bond motifs is 1. The molecule has 7 nitrogen and oxygen atoms in total. The van der Waals surface area contributed by atoms with Gasteiger partial charge in [0.1, 0.15) is 5.82 Å².